The highest BCUT2D eigenvalue weighted by molar-refractivity contribution is 5.64. The number of rotatable bonds is 5. The van der Waals surface area contributed by atoms with Crippen molar-refractivity contribution in [1.29, 1.82) is 0 Å². The summed E-state index contributed by atoms with van der Waals surface area (Å²) in [6.07, 6.45) is 6.68. The van der Waals surface area contributed by atoms with Crippen LogP contribution in [-0.4, -0.2) is 16.3 Å². The molecule has 2 rings (SSSR count). The number of anilines is 2. The van der Waals surface area contributed by atoms with Crippen molar-refractivity contribution in [2.75, 3.05) is 17.6 Å². The molecule has 4 nitrogen and oxygen atoms in total. The fraction of sp³-hybridized carbons (Fsp3) is 0.786. The quantitative estimate of drug-likeness (QED) is 0.844. The first-order chi connectivity index (χ1) is 8.62. The van der Waals surface area contributed by atoms with Gasteiger partial charge < -0.3 is 11.1 Å². The normalized spacial score (nSPS) is 18.2. The SMILES string of the molecule is CCn1nc(C)c(N)c1NCC1(CC)CCCC1. The van der Waals surface area contributed by atoms with Gasteiger partial charge in [0.05, 0.1) is 11.4 Å². The van der Waals surface area contributed by atoms with E-state index in [1.54, 1.807) is 0 Å². The van der Waals surface area contributed by atoms with Crippen LogP contribution in [0.15, 0.2) is 0 Å². The largest absolute Gasteiger partial charge is 0.394 e. The molecule has 1 fully saturated rings. The highest BCUT2D eigenvalue weighted by atomic mass is 15.3. The monoisotopic (exact) mass is 250 g/mol. The highest BCUT2D eigenvalue weighted by Crippen LogP contribution is 2.41. The van der Waals surface area contributed by atoms with E-state index in [1.807, 2.05) is 11.6 Å². The van der Waals surface area contributed by atoms with E-state index in [4.69, 9.17) is 5.73 Å². The number of nitrogens with one attached hydrogen (secondary N) is 1. The van der Waals surface area contributed by atoms with E-state index in [1.165, 1.54) is 32.1 Å². The van der Waals surface area contributed by atoms with Gasteiger partial charge in [-0.1, -0.05) is 19.8 Å². The molecular weight excluding hydrogens is 224 g/mol. The van der Waals surface area contributed by atoms with Crippen LogP contribution in [0.5, 0.6) is 0 Å². The summed E-state index contributed by atoms with van der Waals surface area (Å²) < 4.78 is 1.98. The Morgan fingerprint density at radius 2 is 2.00 bits per heavy atom. The molecule has 18 heavy (non-hydrogen) atoms. The molecule has 0 aliphatic heterocycles. The summed E-state index contributed by atoms with van der Waals surface area (Å²) in [5.74, 6) is 1.01. The molecule has 1 aliphatic carbocycles. The number of hydrogen-bond donors (Lipinski definition) is 2. The Hall–Kier alpha value is -1.19. The summed E-state index contributed by atoms with van der Waals surface area (Å²) in [5, 5.41) is 8.01. The molecular formula is C14H26N4. The minimum absolute atomic E-state index is 0.475. The van der Waals surface area contributed by atoms with Crippen molar-refractivity contribution < 1.29 is 0 Å². The van der Waals surface area contributed by atoms with Crippen molar-refractivity contribution >= 4 is 11.5 Å². The van der Waals surface area contributed by atoms with E-state index in [0.717, 1.165) is 30.3 Å². The van der Waals surface area contributed by atoms with E-state index < -0.39 is 0 Å². The van der Waals surface area contributed by atoms with Gasteiger partial charge in [0, 0.05) is 13.1 Å². The minimum atomic E-state index is 0.475. The van der Waals surface area contributed by atoms with Crippen LogP contribution in [0.2, 0.25) is 0 Å². The van der Waals surface area contributed by atoms with Crippen LogP contribution < -0.4 is 11.1 Å². The van der Waals surface area contributed by atoms with Gasteiger partial charge in [0.25, 0.3) is 0 Å². The lowest BCUT2D eigenvalue weighted by molar-refractivity contribution is 0.306. The predicted octanol–water partition coefficient (Wildman–Crippen LogP) is 3.18. The molecule has 1 saturated carbocycles. The maximum atomic E-state index is 6.10. The molecule has 4 heteroatoms. The summed E-state index contributed by atoms with van der Waals surface area (Å²) in [4.78, 5) is 0. The van der Waals surface area contributed by atoms with Crippen molar-refractivity contribution in [2.24, 2.45) is 5.41 Å². The van der Waals surface area contributed by atoms with Gasteiger partial charge in [-0.3, -0.25) is 0 Å². The summed E-state index contributed by atoms with van der Waals surface area (Å²) in [5.41, 5.74) is 8.31. The number of nitrogen functional groups attached to an aromatic ring is 1. The van der Waals surface area contributed by atoms with E-state index in [2.05, 4.69) is 24.3 Å². The topological polar surface area (TPSA) is 55.9 Å². The van der Waals surface area contributed by atoms with Crippen molar-refractivity contribution in [3.8, 4) is 0 Å². The first-order valence-corrected chi connectivity index (χ1v) is 7.18. The molecule has 0 radical (unpaired) electrons. The summed E-state index contributed by atoms with van der Waals surface area (Å²) in [6, 6.07) is 0. The molecule has 0 spiro atoms. The second-order valence-electron chi connectivity index (χ2n) is 5.58. The Bertz CT molecular complexity index is 402. The minimum Gasteiger partial charge on any atom is -0.394 e. The van der Waals surface area contributed by atoms with Crippen LogP contribution in [-0.2, 0) is 6.54 Å². The van der Waals surface area contributed by atoms with Crippen LogP contribution in [0.4, 0.5) is 11.5 Å². The fourth-order valence-corrected chi connectivity index (χ4v) is 3.06. The fourth-order valence-electron chi connectivity index (χ4n) is 3.06. The maximum Gasteiger partial charge on any atom is 0.148 e. The Morgan fingerprint density at radius 3 is 2.56 bits per heavy atom. The molecule has 1 heterocycles. The average Bonchev–Trinajstić information content (AvgIpc) is 2.95. The van der Waals surface area contributed by atoms with Crippen LogP contribution in [0.1, 0.15) is 51.6 Å². The Morgan fingerprint density at radius 1 is 1.33 bits per heavy atom. The average molecular weight is 250 g/mol. The van der Waals surface area contributed by atoms with Crippen molar-refractivity contribution in [3.05, 3.63) is 5.69 Å². The molecule has 0 atom stereocenters. The third-order valence-electron chi connectivity index (χ3n) is 4.52. The van der Waals surface area contributed by atoms with E-state index in [-0.39, 0.29) is 0 Å². The zero-order chi connectivity index (χ0) is 13.2. The molecule has 3 N–H and O–H groups in total. The van der Waals surface area contributed by atoms with E-state index >= 15 is 0 Å². The predicted molar refractivity (Wildman–Crippen MR) is 76.7 cm³/mol. The molecule has 1 aliphatic rings. The lowest BCUT2D eigenvalue weighted by Crippen LogP contribution is -2.27. The molecule has 0 amide bonds. The van der Waals surface area contributed by atoms with Gasteiger partial charge in [0.15, 0.2) is 0 Å². The second kappa shape index (κ2) is 5.21. The summed E-state index contributed by atoms with van der Waals surface area (Å²) in [6.45, 7) is 8.26. The van der Waals surface area contributed by atoms with Crippen LogP contribution in [0.25, 0.3) is 0 Å². The van der Waals surface area contributed by atoms with E-state index in [9.17, 15) is 0 Å². The van der Waals surface area contributed by atoms with Crippen LogP contribution >= 0.6 is 0 Å². The standard InChI is InChI=1S/C14H26N4/c1-4-14(8-6-7-9-14)10-16-13-12(15)11(3)17-18(13)5-2/h16H,4-10,15H2,1-3H3. The Balaban J connectivity index is 2.09. The number of hydrogen-bond acceptors (Lipinski definition) is 3. The lowest BCUT2D eigenvalue weighted by Gasteiger charge is -2.28. The lowest BCUT2D eigenvalue weighted by atomic mass is 9.83. The third-order valence-corrected chi connectivity index (χ3v) is 4.52. The molecule has 102 valence electrons. The molecule has 0 saturated heterocycles. The Kier molecular flexibility index (Phi) is 3.83. The maximum absolute atomic E-state index is 6.10. The van der Waals surface area contributed by atoms with Crippen molar-refractivity contribution in [1.82, 2.24) is 9.78 Å². The number of aryl methyl sites for hydroxylation is 2. The highest BCUT2D eigenvalue weighted by Gasteiger charge is 2.32. The number of aromatic nitrogens is 2. The van der Waals surface area contributed by atoms with Gasteiger partial charge in [-0.15, -0.1) is 0 Å². The van der Waals surface area contributed by atoms with Gasteiger partial charge in [-0.05, 0) is 38.5 Å². The van der Waals surface area contributed by atoms with Gasteiger partial charge in [-0.2, -0.15) is 5.10 Å². The third kappa shape index (κ3) is 2.33. The van der Waals surface area contributed by atoms with Crippen molar-refractivity contribution in [3.63, 3.8) is 0 Å². The smallest absolute Gasteiger partial charge is 0.148 e. The zero-order valence-electron chi connectivity index (χ0n) is 11.9. The molecule has 0 aromatic carbocycles. The number of nitrogens with zero attached hydrogens (tertiary/aromatic N) is 2. The second-order valence-corrected chi connectivity index (χ2v) is 5.58. The van der Waals surface area contributed by atoms with E-state index in [0.29, 0.717) is 5.41 Å². The number of nitrogens with two attached hydrogens (primary N) is 1. The molecule has 1 aromatic rings. The first-order valence-electron chi connectivity index (χ1n) is 7.18. The Labute approximate surface area is 110 Å². The van der Waals surface area contributed by atoms with Crippen LogP contribution in [0, 0.1) is 12.3 Å². The van der Waals surface area contributed by atoms with Gasteiger partial charge >= 0.3 is 0 Å². The molecule has 0 bridgehead atoms. The summed E-state index contributed by atoms with van der Waals surface area (Å²) >= 11 is 0. The van der Waals surface area contributed by atoms with Gasteiger partial charge in [0.2, 0.25) is 0 Å². The van der Waals surface area contributed by atoms with Gasteiger partial charge in [-0.25, -0.2) is 4.68 Å². The zero-order valence-corrected chi connectivity index (χ0v) is 11.9. The first kappa shape index (κ1) is 13.2. The van der Waals surface area contributed by atoms with Crippen LogP contribution in [0.3, 0.4) is 0 Å². The summed E-state index contributed by atoms with van der Waals surface area (Å²) in [7, 11) is 0. The molecule has 0 unspecified atom stereocenters. The van der Waals surface area contributed by atoms with Gasteiger partial charge in [0.1, 0.15) is 5.82 Å². The van der Waals surface area contributed by atoms with Crippen molar-refractivity contribution in [2.45, 2.75) is 59.4 Å². The molecule has 1 aromatic heterocycles.